The molecule has 0 saturated heterocycles. The molecular weight excluding hydrogens is 640 g/mol. The number of carbonyl (C=O) groups excluding carboxylic acids is 7. The molecule has 1 N–H and O–H groups in total. The van der Waals surface area contributed by atoms with Crippen molar-refractivity contribution in [2.24, 2.45) is 5.41 Å². The van der Waals surface area contributed by atoms with Crippen molar-refractivity contribution in [2.75, 3.05) is 39.8 Å². The molecule has 0 bridgehead atoms. The zero-order chi connectivity index (χ0) is 37.3. The minimum absolute atomic E-state index is 0.00178. The standard InChI is InChI=1S/C38H50N4O8/c1-24-13-14-29(22-25(24)2)50-37(49)41(18-11-9-10-12-30(43)39-17-19-42-31(44)15-16-32(42)45)21-20-40(8)33(46)23-38(6,7)34-28(5)35(47)26(3)27(4)36(34)48/h13-16,22H,9-12,17-21,23H2,1-8H3,(H,39,43). The second-order valence-electron chi connectivity index (χ2n) is 13.7. The Labute approximate surface area is 294 Å². The third kappa shape index (κ3) is 10.1. The van der Waals surface area contributed by atoms with Crippen molar-refractivity contribution in [3.63, 3.8) is 0 Å². The molecule has 3 rings (SSSR count). The lowest BCUT2D eigenvalue weighted by Crippen LogP contribution is -2.42. The SMILES string of the molecule is CC1=C(C)C(=O)C(C(C)(C)CC(=O)N(C)CCN(CCCCCC(=O)NCCN2C(=O)C=CC2=O)C(=O)Oc2ccc(C)c(C)c2)=C(C)C1=O. The Hall–Kier alpha value is -4.87. The lowest BCUT2D eigenvalue weighted by Gasteiger charge is -2.33. The number of aryl methyl sites for hydroxylation is 2. The van der Waals surface area contributed by atoms with Crippen molar-refractivity contribution in [1.29, 1.82) is 0 Å². The van der Waals surface area contributed by atoms with Crippen LogP contribution < -0.4 is 10.1 Å². The van der Waals surface area contributed by atoms with Crippen LogP contribution in [0.5, 0.6) is 5.75 Å². The van der Waals surface area contributed by atoms with Crippen molar-refractivity contribution in [3.05, 3.63) is 63.8 Å². The number of nitrogens with one attached hydrogen (secondary N) is 1. The van der Waals surface area contributed by atoms with Crippen molar-refractivity contribution < 1.29 is 38.3 Å². The molecular formula is C38H50N4O8. The third-order valence-electron chi connectivity index (χ3n) is 9.42. The Morgan fingerprint density at radius 2 is 1.44 bits per heavy atom. The summed E-state index contributed by atoms with van der Waals surface area (Å²) in [7, 11) is 1.64. The van der Waals surface area contributed by atoms with E-state index in [9.17, 15) is 33.6 Å². The zero-order valence-corrected chi connectivity index (χ0v) is 30.6. The number of allylic oxidation sites excluding steroid dienone is 4. The fraction of sp³-hybridized carbons (Fsp3) is 0.500. The number of ketones is 2. The van der Waals surface area contributed by atoms with E-state index in [1.54, 1.807) is 53.8 Å². The molecule has 1 aromatic carbocycles. The number of likely N-dealkylation sites (N-methyl/N-ethyl adjacent to an activating group) is 1. The first-order chi connectivity index (χ1) is 23.4. The zero-order valence-electron chi connectivity index (χ0n) is 30.6. The van der Waals surface area contributed by atoms with Crippen LogP contribution in [0, 0.1) is 19.3 Å². The number of benzene rings is 1. The number of hydrogen-bond acceptors (Lipinski definition) is 8. The summed E-state index contributed by atoms with van der Waals surface area (Å²) < 4.78 is 5.70. The highest BCUT2D eigenvalue weighted by Gasteiger charge is 2.39. The van der Waals surface area contributed by atoms with E-state index in [0.29, 0.717) is 53.8 Å². The molecule has 0 saturated carbocycles. The lowest BCUT2D eigenvalue weighted by atomic mass is 9.71. The summed E-state index contributed by atoms with van der Waals surface area (Å²) in [6.45, 7) is 13.4. The van der Waals surface area contributed by atoms with Crippen LogP contribution in [-0.2, 0) is 28.8 Å². The maximum atomic E-state index is 13.4. The number of Topliss-reactive ketones (excluding diaryl/α,β-unsaturated/α-hetero) is 2. The van der Waals surface area contributed by atoms with E-state index in [4.69, 9.17) is 4.74 Å². The van der Waals surface area contributed by atoms with Gasteiger partial charge in [-0.2, -0.15) is 0 Å². The predicted octanol–water partition coefficient (Wildman–Crippen LogP) is 4.39. The molecule has 12 heteroatoms. The summed E-state index contributed by atoms with van der Waals surface area (Å²) in [5.41, 5.74) is 2.70. The molecule has 2 aliphatic rings. The van der Waals surface area contributed by atoms with Crippen LogP contribution >= 0.6 is 0 Å². The Morgan fingerprint density at radius 1 is 0.800 bits per heavy atom. The molecule has 1 aromatic rings. The molecule has 270 valence electrons. The lowest BCUT2D eigenvalue weighted by molar-refractivity contribution is -0.137. The quantitative estimate of drug-likeness (QED) is 0.153. The minimum atomic E-state index is -0.890. The fourth-order valence-electron chi connectivity index (χ4n) is 5.95. The van der Waals surface area contributed by atoms with E-state index in [0.717, 1.165) is 16.0 Å². The van der Waals surface area contributed by atoms with E-state index < -0.39 is 23.3 Å². The van der Waals surface area contributed by atoms with Crippen molar-refractivity contribution in [3.8, 4) is 5.75 Å². The Morgan fingerprint density at radius 3 is 2.08 bits per heavy atom. The van der Waals surface area contributed by atoms with E-state index in [-0.39, 0.29) is 62.4 Å². The number of imide groups is 1. The van der Waals surface area contributed by atoms with Crippen LogP contribution in [0.15, 0.2) is 52.6 Å². The summed E-state index contributed by atoms with van der Waals surface area (Å²) in [6, 6.07) is 5.40. The highest BCUT2D eigenvalue weighted by molar-refractivity contribution is 6.25. The average molecular weight is 691 g/mol. The molecule has 0 unspecified atom stereocenters. The van der Waals surface area contributed by atoms with Crippen molar-refractivity contribution >= 4 is 41.3 Å². The van der Waals surface area contributed by atoms with E-state index in [1.165, 1.54) is 22.0 Å². The summed E-state index contributed by atoms with van der Waals surface area (Å²) in [6.07, 6.45) is 3.88. The van der Waals surface area contributed by atoms with Crippen LogP contribution in [0.25, 0.3) is 0 Å². The second kappa shape index (κ2) is 17.2. The average Bonchev–Trinajstić information content (AvgIpc) is 3.37. The van der Waals surface area contributed by atoms with Gasteiger partial charge in [0.25, 0.3) is 11.8 Å². The maximum Gasteiger partial charge on any atom is 0.415 e. The van der Waals surface area contributed by atoms with Crippen LogP contribution in [0.1, 0.15) is 77.8 Å². The number of carbonyl (C=O) groups is 7. The van der Waals surface area contributed by atoms with Gasteiger partial charge in [-0.1, -0.05) is 26.3 Å². The smallest absolute Gasteiger partial charge is 0.410 e. The molecule has 0 aromatic heterocycles. The first-order valence-corrected chi connectivity index (χ1v) is 17.0. The molecule has 0 radical (unpaired) electrons. The molecule has 1 aliphatic heterocycles. The first-order valence-electron chi connectivity index (χ1n) is 17.0. The normalized spacial score (nSPS) is 14.9. The van der Waals surface area contributed by atoms with Gasteiger partial charge in [0.2, 0.25) is 11.8 Å². The number of hydrogen-bond donors (Lipinski definition) is 1. The van der Waals surface area contributed by atoms with Crippen LogP contribution in [-0.4, -0.2) is 95.8 Å². The van der Waals surface area contributed by atoms with Crippen LogP contribution in [0.3, 0.4) is 0 Å². The summed E-state index contributed by atoms with van der Waals surface area (Å²) in [5.74, 6) is -1.21. The first kappa shape index (κ1) is 39.6. The number of ether oxygens (including phenoxy) is 1. The predicted molar refractivity (Wildman–Crippen MR) is 188 cm³/mol. The molecule has 0 fully saturated rings. The van der Waals surface area contributed by atoms with Crippen molar-refractivity contribution in [1.82, 2.24) is 20.0 Å². The highest BCUT2D eigenvalue weighted by Crippen LogP contribution is 2.39. The van der Waals surface area contributed by atoms with Crippen LogP contribution in [0.2, 0.25) is 0 Å². The Kier molecular flexibility index (Phi) is 13.6. The van der Waals surface area contributed by atoms with E-state index in [2.05, 4.69) is 5.32 Å². The number of rotatable bonds is 16. The third-order valence-corrected chi connectivity index (χ3v) is 9.42. The van der Waals surface area contributed by atoms with Gasteiger partial charge in [0, 0.05) is 92.5 Å². The molecule has 12 nitrogen and oxygen atoms in total. The molecule has 0 atom stereocenters. The maximum absolute atomic E-state index is 13.4. The monoisotopic (exact) mass is 690 g/mol. The highest BCUT2D eigenvalue weighted by atomic mass is 16.6. The topological polar surface area (TPSA) is 150 Å². The fourth-order valence-corrected chi connectivity index (χ4v) is 5.95. The van der Waals surface area contributed by atoms with Gasteiger partial charge in [-0.3, -0.25) is 33.7 Å². The molecule has 1 aliphatic carbocycles. The van der Waals surface area contributed by atoms with Crippen LogP contribution in [0.4, 0.5) is 4.79 Å². The summed E-state index contributed by atoms with van der Waals surface area (Å²) >= 11 is 0. The molecule has 50 heavy (non-hydrogen) atoms. The van der Waals surface area contributed by atoms with Gasteiger partial charge in [-0.25, -0.2) is 4.79 Å². The Balaban J connectivity index is 1.56. The van der Waals surface area contributed by atoms with Gasteiger partial charge in [-0.05, 0) is 70.7 Å². The van der Waals surface area contributed by atoms with Gasteiger partial charge in [-0.15, -0.1) is 0 Å². The minimum Gasteiger partial charge on any atom is -0.410 e. The number of nitrogens with zero attached hydrogens (tertiary/aromatic N) is 3. The Bertz CT molecular complexity index is 1630. The molecule has 1 heterocycles. The van der Waals surface area contributed by atoms with Crippen molar-refractivity contribution in [2.45, 2.75) is 80.6 Å². The number of amides is 5. The summed E-state index contributed by atoms with van der Waals surface area (Å²) in [5, 5.41) is 2.72. The van der Waals surface area contributed by atoms with Gasteiger partial charge < -0.3 is 19.9 Å². The van der Waals surface area contributed by atoms with Gasteiger partial charge in [0.15, 0.2) is 11.6 Å². The van der Waals surface area contributed by atoms with Gasteiger partial charge >= 0.3 is 6.09 Å². The summed E-state index contributed by atoms with van der Waals surface area (Å²) in [4.78, 5) is 92.4. The van der Waals surface area contributed by atoms with Gasteiger partial charge in [0.1, 0.15) is 5.75 Å². The number of unbranched alkanes of at least 4 members (excludes halogenated alkanes) is 2. The molecule has 5 amide bonds. The van der Waals surface area contributed by atoms with E-state index in [1.807, 2.05) is 19.9 Å². The van der Waals surface area contributed by atoms with E-state index >= 15 is 0 Å². The van der Waals surface area contributed by atoms with Gasteiger partial charge in [0.05, 0.1) is 0 Å². The molecule has 0 spiro atoms. The largest absolute Gasteiger partial charge is 0.415 e. The second-order valence-corrected chi connectivity index (χ2v) is 13.7.